The van der Waals surface area contributed by atoms with Gasteiger partial charge in [-0.05, 0) is 5.92 Å². The number of amides is 1. The van der Waals surface area contributed by atoms with Gasteiger partial charge in [0.15, 0.2) is 5.69 Å². The molecule has 5 heteroatoms. The van der Waals surface area contributed by atoms with Gasteiger partial charge >= 0.3 is 0 Å². The maximum absolute atomic E-state index is 12.5. The summed E-state index contributed by atoms with van der Waals surface area (Å²) in [6.45, 7) is 8.83. The topological polar surface area (TPSA) is 52.2 Å². The number of hydrogen-bond donors (Lipinski definition) is 1. The first kappa shape index (κ1) is 13.4. The molecule has 0 bridgehead atoms. The van der Waals surface area contributed by atoms with Gasteiger partial charge in [-0.2, -0.15) is 5.10 Å². The third-order valence-corrected chi connectivity index (χ3v) is 3.94. The number of carbonyl (C=O) groups excluding carboxylic acids is 1. The average molecular weight is 274 g/mol. The zero-order valence-electron chi connectivity index (χ0n) is 12.2. The van der Waals surface area contributed by atoms with Crippen LogP contribution in [0.25, 0.3) is 0 Å². The highest BCUT2D eigenvalue weighted by Gasteiger charge is 2.28. The predicted molar refractivity (Wildman–Crippen MR) is 77.5 cm³/mol. The van der Waals surface area contributed by atoms with E-state index in [1.54, 1.807) is 0 Å². The molecule has 2 aliphatic heterocycles. The molecule has 20 heavy (non-hydrogen) atoms. The lowest BCUT2D eigenvalue weighted by atomic mass is 10.0. The highest BCUT2D eigenvalue weighted by molar-refractivity contribution is 5.94. The minimum atomic E-state index is 0.0545. The van der Waals surface area contributed by atoms with Crippen molar-refractivity contribution in [2.45, 2.75) is 26.8 Å². The third kappa shape index (κ3) is 2.50. The fraction of sp³-hybridized carbons (Fsp3) is 0.600. The van der Waals surface area contributed by atoms with Gasteiger partial charge in [0, 0.05) is 50.4 Å². The van der Waals surface area contributed by atoms with Gasteiger partial charge in [-0.1, -0.05) is 26.0 Å². The first-order chi connectivity index (χ1) is 9.65. The average Bonchev–Trinajstić information content (AvgIpc) is 3.06. The summed E-state index contributed by atoms with van der Waals surface area (Å²) in [5.74, 6) is 0.698. The van der Waals surface area contributed by atoms with E-state index in [-0.39, 0.29) is 5.91 Å². The van der Waals surface area contributed by atoms with Crippen molar-refractivity contribution in [3.05, 3.63) is 29.1 Å². The Labute approximate surface area is 119 Å². The van der Waals surface area contributed by atoms with Crippen molar-refractivity contribution in [3.8, 4) is 0 Å². The van der Waals surface area contributed by atoms with Crippen LogP contribution in [0, 0.1) is 5.92 Å². The molecule has 3 heterocycles. The molecule has 108 valence electrons. The molecule has 0 fully saturated rings. The molecule has 5 nitrogen and oxygen atoms in total. The van der Waals surface area contributed by atoms with Gasteiger partial charge in [0.25, 0.3) is 5.91 Å². The van der Waals surface area contributed by atoms with Gasteiger partial charge < -0.3 is 4.90 Å². The van der Waals surface area contributed by atoms with Crippen LogP contribution < -0.4 is 0 Å². The third-order valence-electron chi connectivity index (χ3n) is 3.94. The highest BCUT2D eigenvalue weighted by Crippen LogP contribution is 2.22. The molecule has 0 saturated heterocycles. The summed E-state index contributed by atoms with van der Waals surface area (Å²) >= 11 is 0. The van der Waals surface area contributed by atoms with Gasteiger partial charge in [0.1, 0.15) is 0 Å². The van der Waals surface area contributed by atoms with E-state index in [4.69, 9.17) is 0 Å². The molecule has 1 aromatic rings. The lowest BCUT2D eigenvalue weighted by molar-refractivity contribution is 0.0791. The van der Waals surface area contributed by atoms with Gasteiger partial charge in [-0.3, -0.25) is 14.8 Å². The first-order valence-corrected chi connectivity index (χ1v) is 7.38. The van der Waals surface area contributed by atoms with E-state index < -0.39 is 0 Å². The molecule has 1 aromatic heterocycles. The number of hydrogen-bond acceptors (Lipinski definition) is 3. The number of carbonyl (C=O) groups is 1. The summed E-state index contributed by atoms with van der Waals surface area (Å²) in [7, 11) is 0. The van der Waals surface area contributed by atoms with Gasteiger partial charge in [-0.25, -0.2) is 0 Å². The van der Waals surface area contributed by atoms with E-state index in [1.807, 2.05) is 17.1 Å². The normalized spacial score (nSPS) is 18.9. The number of aromatic amines is 1. The van der Waals surface area contributed by atoms with Crippen LogP contribution in [0.1, 0.15) is 35.6 Å². The summed E-state index contributed by atoms with van der Waals surface area (Å²) in [6, 6.07) is 0. The molecule has 3 rings (SSSR count). The van der Waals surface area contributed by atoms with Crippen molar-refractivity contribution >= 4 is 5.91 Å². The molecule has 0 atom stereocenters. The second-order valence-electron chi connectivity index (χ2n) is 6.09. The molecule has 0 aliphatic carbocycles. The number of fused-ring (bicyclic) bond motifs is 1. The largest absolute Gasteiger partial charge is 0.330 e. The molecule has 1 amide bonds. The van der Waals surface area contributed by atoms with Crippen molar-refractivity contribution < 1.29 is 4.79 Å². The molecule has 0 radical (unpaired) electrons. The Bertz CT molecular complexity index is 524. The Morgan fingerprint density at radius 2 is 2.15 bits per heavy atom. The fourth-order valence-electron chi connectivity index (χ4n) is 2.99. The second kappa shape index (κ2) is 5.40. The summed E-state index contributed by atoms with van der Waals surface area (Å²) in [4.78, 5) is 16.7. The Balaban J connectivity index is 1.78. The highest BCUT2D eigenvalue weighted by atomic mass is 16.2. The van der Waals surface area contributed by atoms with Gasteiger partial charge in [-0.15, -0.1) is 0 Å². The first-order valence-electron chi connectivity index (χ1n) is 7.38. The number of rotatable bonds is 3. The number of H-pyrrole nitrogens is 1. The van der Waals surface area contributed by atoms with Crippen molar-refractivity contribution in [2.24, 2.45) is 5.92 Å². The number of nitrogens with one attached hydrogen (secondary N) is 1. The molecule has 0 spiro atoms. The van der Waals surface area contributed by atoms with E-state index >= 15 is 0 Å². The zero-order valence-corrected chi connectivity index (χ0v) is 12.2. The molecule has 1 N–H and O–H groups in total. The van der Waals surface area contributed by atoms with Crippen LogP contribution in [0.2, 0.25) is 0 Å². The molecule has 0 aromatic carbocycles. The Morgan fingerprint density at radius 3 is 2.85 bits per heavy atom. The van der Waals surface area contributed by atoms with Crippen LogP contribution in [0.15, 0.2) is 12.2 Å². The number of aromatic nitrogens is 2. The lowest BCUT2D eigenvalue weighted by Crippen LogP contribution is -2.35. The van der Waals surface area contributed by atoms with Gasteiger partial charge in [0.2, 0.25) is 0 Å². The molecule has 0 saturated carbocycles. The summed E-state index contributed by atoms with van der Waals surface area (Å²) in [5.41, 5.74) is 2.87. The van der Waals surface area contributed by atoms with Crippen LogP contribution in [-0.4, -0.2) is 52.1 Å². The van der Waals surface area contributed by atoms with Crippen molar-refractivity contribution in [1.29, 1.82) is 0 Å². The van der Waals surface area contributed by atoms with Crippen LogP contribution in [-0.2, 0) is 13.0 Å². The lowest BCUT2D eigenvalue weighted by Gasteiger charge is -2.28. The molecule has 0 unspecified atom stereocenters. The standard InChI is InChI=1S/C15H22N4O/c1-11(2)9-18-8-5-13-12(10-18)14(17-16-13)15(20)19-6-3-4-7-19/h3-4,11H,5-10H2,1-2H3,(H,16,17). The maximum Gasteiger partial charge on any atom is 0.275 e. The number of nitrogens with zero attached hydrogens (tertiary/aromatic N) is 3. The van der Waals surface area contributed by atoms with Crippen LogP contribution in [0.5, 0.6) is 0 Å². The van der Waals surface area contributed by atoms with E-state index in [2.05, 4.69) is 28.9 Å². The minimum absolute atomic E-state index is 0.0545. The van der Waals surface area contributed by atoms with Crippen molar-refractivity contribution in [3.63, 3.8) is 0 Å². The minimum Gasteiger partial charge on any atom is -0.330 e. The molecular formula is C15H22N4O. The molecule has 2 aliphatic rings. The Morgan fingerprint density at radius 1 is 1.40 bits per heavy atom. The van der Waals surface area contributed by atoms with E-state index in [9.17, 15) is 4.79 Å². The second-order valence-corrected chi connectivity index (χ2v) is 6.09. The fourth-order valence-corrected chi connectivity index (χ4v) is 2.99. The molecular weight excluding hydrogens is 252 g/mol. The quantitative estimate of drug-likeness (QED) is 0.849. The van der Waals surface area contributed by atoms with E-state index in [1.165, 1.54) is 0 Å². The maximum atomic E-state index is 12.5. The van der Waals surface area contributed by atoms with E-state index in [0.29, 0.717) is 24.7 Å². The zero-order chi connectivity index (χ0) is 14.1. The Kier molecular flexibility index (Phi) is 3.61. The summed E-state index contributed by atoms with van der Waals surface area (Å²) in [6.07, 6.45) is 5.02. The van der Waals surface area contributed by atoms with Crippen LogP contribution in [0.4, 0.5) is 0 Å². The monoisotopic (exact) mass is 274 g/mol. The van der Waals surface area contributed by atoms with Crippen LogP contribution in [0.3, 0.4) is 0 Å². The predicted octanol–water partition coefficient (Wildman–Crippen LogP) is 1.44. The summed E-state index contributed by atoms with van der Waals surface area (Å²) < 4.78 is 0. The van der Waals surface area contributed by atoms with Crippen molar-refractivity contribution in [1.82, 2.24) is 20.0 Å². The van der Waals surface area contributed by atoms with Crippen molar-refractivity contribution in [2.75, 3.05) is 26.2 Å². The SMILES string of the molecule is CC(C)CN1CCc2[nH]nc(C(=O)N3CC=CC3)c2C1. The van der Waals surface area contributed by atoms with E-state index in [0.717, 1.165) is 37.3 Å². The smallest absolute Gasteiger partial charge is 0.275 e. The van der Waals surface area contributed by atoms with Gasteiger partial charge in [0.05, 0.1) is 0 Å². The summed E-state index contributed by atoms with van der Waals surface area (Å²) in [5, 5.41) is 7.35. The Hall–Kier alpha value is -1.62. The van der Waals surface area contributed by atoms with Crippen LogP contribution >= 0.6 is 0 Å².